The molecule has 0 fully saturated rings. The van der Waals surface area contributed by atoms with Gasteiger partial charge in [0, 0.05) is 18.5 Å². The van der Waals surface area contributed by atoms with Crippen LogP contribution < -0.4 is 5.32 Å². The fourth-order valence-electron chi connectivity index (χ4n) is 3.78. The van der Waals surface area contributed by atoms with Crippen molar-refractivity contribution in [1.82, 2.24) is 9.55 Å². The van der Waals surface area contributed by atoms with E-state index < -0.39 is 11.9 Å². The summed E-state index contributed by atoms with van der Waals surface area (Å²) in [5.41, 5.74) is 1.79. The molecule has 7 heteroatoms. The van der Waals surface area contributed by atoms with Gasteiger partial charge in [-0.2, -0.15) is 0 Å². The number of aromatic nitrogens is 2. The number of fused-ring (bicyclic) bond motifs is 1. The Bertz CT molecular complexity index is 1050. The highest BCUT2D eigenvalue weighted by molar-refractivity contribution is 5.93. The van der Waals surface area contributed by atoms with Gasteiger partial charge in [-0.05, 0) is 43.0 Å². The highest BCUT2D eigenvalue weighted by Gasteiger charge is 2.27. The molecule has 0 unspecified atom stereocenters. The summed E-state index contributed by atoms with van der Waals surface area (Å²) in [6, 6.07) is 11.3. The number of carboxylic acids is 1. The molecule has 3 aromatic rings. The second-order valence-electron chi connectivity index (χ2n) is 8.25. The fraction of sp³-hybridized carbons (Fsp3) is 0.391. The van der Waals surface area contributed by atoms with Crippen molar-refractivity contribution in [2.75, 3.05) is 5.32 Å². The maximum atomic E-state index is 14.1. The van der Waals surface area contributed by atoms with E-state index in [1.54, 1.807) is 24.3 Å². The average Bonchev–Trinajstić information content (AvgIpc) is 2.96. The van der Waals surface area contributed by atoms with Crippen LogP contribution in [0.3, 0.4) is 0 Å². The van der Waals surface area contributed by atoms with E-state index in [4.69, 9.17) is 0 Å². The normalized spacial score (nSPS) is 13.0. The predicted molar refractivity (Wildman–Crippen MR) is 114 cm³/mol. The summed E-state index contributed by atoms with van der Waals surface area (Å²) >= 11 is 0. The number of nitrogens with one attached hydrogen (secondary N) is 1. The first-order chi connectivity index (χ1) is 14.1. The van der Waals surface area contributed by atoms with E-state index in [9.17, 15) is 18.7 Å². The first-order valence-electron chi connectivity index (χ1n) is 10.0. The molecule has 0 saturated heterocycles. The molecule has 0 radical (unpaired) electrons. The van der Waals surface area contributed by atoms with E-state index in [1.807, 2.05) is 11.5 Å². The number of anilines is 1. The average molecular weight is 415 g/mol. The van der Waals surface area contributed by atoms with Crippen LogP contribution in [0.4, 0.5) is 14.7 Å². The summed E-state index contributed by atoms with van der Waals surface area (Å²) in [5.74, 6) is -2.99. The second kappa shape index (κ2) is 8.42. The smallest absolute Gasteiger partial charge is 0.335 e. The third-order valence-electron chi connectivity index (χ3n) is 5.01. The molecular weight excluding hydrogens is 388 g/mol. The lowest BCUT2D eigenvalue weighted by Gasteiger charge is -2.20. The Balaban J connectivity index is 2.09. The minimum Gasteiger partial charge on any atom is -0.478 e. The zero-order valence-corrected chi connectivity index (χ0v) is 17.6. The van der Waals surface area contributed by atoms with Crippen molar-refractivity contribution in [2.45, 2.75) is 52.6 Å². The van der Waals surface area contributed by atoms with Gasteiger partial charge in [0.1, 0.15) is 0 Å². The minimum atomic E-state index is -2.97. The van der Waals surface area contributed by atoms with Crippen LogP contribution in [0, 0.1) is 5.92 Å². The highest BCUT2D eigenvalue weighted by atomic mass is 19.3. The molecule has 160 valence electrons. The van der Waals surface area contributed by atoms with E-state index in [1.165, 1.54) is 18.2 Å². The predicted octanol–water partition coefficient (Wildman–Crippen LogP) is 5.74. The van der Waals surface area contributed by atoms with Gasteiger partial charge in [0.2, 0.25) is 5.95 Å². The van der Waals surface area contributed by atoms with Crippen molar-refractivity contribution in [3.63, 3.8) is 0 Å². The van der Waals surface area contributed by atoms with E-state index in [0.29, 0.717) is 28.5 Å². The number of alkyl halides is 2. The van der Waals surface area contributed by atoms with Crippen LogP contribution in [0.15, 0.2) is 42.5 Å². The van der Waals surface area contributed by atoms with Gasteiger partial charge in [-0.3, -0.25) is 0 Å². The van der Waals surface area contributed by atoms with E-state index in [0.717, 1.165) is 13.3 Å². The van der Waals surface area contributed by atoms with Crippen LogP contribution in [-0.2, 0) is 12.5 Å². The molecule has 1 heterocycles. The SMILES string of the molecule is CC(C)C[C@@H](C)Nc1nc2cc(C(=O)O)ccc2n1Cc1ccccc1C(C)(F)F. The Morgan fingerprint density at radius 1 is 1.20 bits per heavy atom. The Morgan fingerprint density at radius 2 is 1.90 bits per heavy atom. The number of aromatic carboxylic acids is 1. The van der Waals surface area contributed by atoms with Crippen LogP contribution in [0.25, 0.3) is 11.0 Å². The molecule has 0 bridgehead atoms. The molecule has 1 aromatic heterocycles. The lowest BCUT2D eigenvalue weighted by molar-refractivity contribution is 0.0164. The molecule has 0 saturated carbocycles. The third-order valence-corrected chi connectivity index (χ3v) is 5.01. The van der Waals surface area contributed by atoms with Gasteiger partial charge in [-0.15, -0.1) is 0 Å². The first-order valence-corrected chi connectivity index (χ1v) is 10.0. The highest BCUT2D eigenvalue weighted by Crippen LogP contribution is 2.32. The molecule has 0 aliphatic rings. The Labute approximate surface area is 174 Å². The molecule has 0 aliphatic heterocycles. The summed E-state index contributed by atoms with van der Waals surface area (Å²) in [5, 5.41) is 12.7. The minimum absolute atomic E-state index is 0.0322. The lowest BCUT2D eigenvalue weighted by atomic mass is 10.0. The maximum absolute atomic E-state index is 14.1. The van der Waals surface area contributed by atoms with E-state index >= 15 is 0 Å². The molecule has 0 aliphatic carbocycles. The molecule has 2 aromatic carbocycles. The summed E-state index contributed by atoms with van der Waals surface area (Å²) in [7, 11) is 0. The topological polar surface area (TPSA) is 67.2 Å². The van der Waals surface area contributed by atoms with E-state index in [2.05, 4.69) is 24.1 Å². The monoisotopic (exact) mass is 415 g/mol. The number of hydrogen-bond acceptors (Lipinski definition) is 3. The third kappa shape index (κ3) is 4.78. The first kappa shape index (κ1) is 21.7. The molecule has 30 heavy (non-hydrogen) atoms. The van der Waals surface area contributed by atoms with Crippen LogP contribution in [0.1, 0.15) is 55.6 Å². The molecule has 2 N–H and O–H groups in total. The standard InChI is InChI=1S/C23H27F2N3O2/c1-14(2)11-15(3)26-22-27-19-12-16(21(29)30)9-10-20(19)28(22)13-17-7-5-6-8-18(17)23(4,24)25/h5-10,12,14-15H,11,13H2,1-4H3,(H,26,27)(H,29,30)/t15-/m1/s1. The summed E-state index contributed by atoms with van der Waals surface area (Å²) in [6.45, 7) is 7.38. The molecule has 5 nitrogen and oxygen atoms in total. The summed E-state index contributed by atoms with van der Waals surface area (Å²) < 4.78 is 30.1. The number of benzene rings is 2. The number of imidazole rings is 1. The number of carbonyl (C=O) groups is 1. The van der Waals surface area contributed by atoms with Crippen LogP contribution in [0.5, 0.6) is 0 Å². The van der Waals surface area contributed by atoms with Gasteiger partial charge >= 0.3 is 5.97 Å². The molecule has 0 amide bonds. The molecular formula is C23H27F2N3O2. The quantitative estimate of drug-likeness (QED) is 0.492. The summed E-state index contributed by atoms with van der Waals surface area (Å²) in [6.07, 6.45) is 0.910. The fourth-order valence-corrected chi connectivity index (χ4v) is 3.78. The lowest BCUT2D eigenvalue weighted by Crippen LogP contribution is -2.21. The second-order valence-corrected chi connectivity index (χ2v) is 8.25. The van der Waals surface area contributed by atoms with Gasteiger partial charge in [0.05, 0.1) is 23.1 Å². The van der Waals surface area contributed by atoms with Crippen molar-refractivity contribution in [1.29, 1.82) is 0 Å². The van der Waals surface area contributed by atoms with Gasteiger partial charge in [-0.25, -0.2) is 18.6 Å². The summed E-state index contributed by atoms with van der Waals surface area (Å²) in [4.78, 5) is 15.9. The van der Waals surface area contributed by atoms with Crippen LogP contribution >= 0.6 is 0 Å². The zero-order valence-electron chi connectivity index (χ0n) is 17.6. The van der Waals surface area contributed by atoms with Gasteiger partial charge in [0.15, 0.2) is 0 Å². The molecule has 1 atom stereocenters. The Morgan fingerprint density at radius 3 is 2.53 bits per heavy atom. The largest absolute Gasteiger partial charge is 0.478 e. The number of rotatable bonds is 8. The zero-order chi connectivity index (χ0) is 22.1. The van der Waals surface area contributed by atoms with Crippen molar-refractivity contribution in [3.8, 4) is 0 Å². The molecule has 0 spiro atoms. The van der Waals surface area contributed by atoms with E-state index in [-0.39, 0.29) is 23.7 Å². The van der Waals surface area contributed by atoms with Crippen molar-refractivity contribution >= 4 is 23.0 Å². The van der Waals surface area contributed by atoms with Gasteiger partial charge in [-0.1, -0.05) is 38.1 Å². The van der Waals surface area contributed by atoms with Gasteiger partial charge in [0.25, 0.3) is 5.92 Å². The number of halogens is 2. The van der Waals surface area contributed by atoms with Crippen molar-refractivity contribution < 1.29 is 18.7 Å². The van der Waals surface area contributed by atoms with Crippen LogP contribution in [-0.4, -0.2) is 26.7 Å². The number of carboxylic acid groups (broad SMARTS) is 1. The van der Waals surface area contributed by atoms with Crippen molar-refractivity contribution in [3.05, 3.63) is 59.2 Å². The molecule has 3 rings (SSSR count). The van der Waals surface area contributed by atoms with Crippen molar-refractivity contribution in [2.24, 2.45) is 5.92 Å². The number of hydrogen-bond donors (Lipinski definition) is 2. The Hall–Kier alpha value is -2.96. The maximum Gasteiger partial charge on any atom is 0.335 e. The Kier molecular flexibility index (Phi) is 6.10. The number of nitrogens with zero attached hydrogens (tertiary/aromatic N) is 2. The van der Waals surface area contributed by atoms with Gasteiger partial charge < -0.3 is 15.0 Å². The van der Waals surface area contributed by atoms with Crippen LogP contribution in [0.2, 0.25) is 0 Å².